The molecule has 12 nitrogen and oxygen atoms in total. The van der Waals surface area contributed by atoms with E-state index in [1.807, 2.05) is 41.1 Å². The predicted octanol–water partition coefficient (Wildman–Crippen LogP) is 5.21. The fourth-order valence-corrected chi connectivity index (χ4v) is 6.50. The highest BCUT2D eigenvalue weighted by Gasteiger charge is 2.35. The Morgan fingerprint density at radius 2 is 1.94 bits per heavy atom. The number of hydrogen-bond donors (Lipinski definition) is 4. The SMILES string of the molecule is CN=C/C(CN(C)C/C=C/C(=O)NC1CCCN(Cc2cc(C=O)c(CN(C)c3cccc(CCC(C)CC(=N)N(C)C=N)c3)c(C(F)(F)F)c2)C1)=N\N. The number of rotatable bonds is 19. The summed E-state index contributed by atoms with van der Waals surface area (Å²) in [5.41, 5.74) is 1.82. The number of nitrogens with zero attached hydrogens (tertiary/aromatic N) is 6. The summed E-state index contributed by atoms with van der Waals surface area (Å²) in [5, 5.41) is 22.1. The first kappa shape index (κ1) is 43.5. The molecule has 5 N–H and O–H groups in total. The maximum atomic E-state index is 14.6. The van der Waals surface area contributed by atoms with Crippen molar-refractivity contribution in [1.29, 1.82) is 10.8 Å². The van der Waals surface area contributed by atoms with Crippen LogP contribution in [0.4, 0.5) is 18.9 Å². The molecule has 3 rings (SSSR count). The van der Waals surface area contributed by atoms with E-state index < -0.39 is 11.7 Å². The van der Waals surface area contributed by atoms with Crippen LogP contribution in [0.2, 0.25) is 0 Å². The first-order valence-corrected chi connectivity index (χ1v) is 18.0. The van der Waals surface area contributed by atoms with Crippen molar-refractivity contribution < 1.29 is 22.8 Å². The quantitative estimate of drug-likeness (QED) is 0.0383. The van der Waals surface area contributed by atoms with E-state index in [1.54, 1.807) is 44.4 Å². The van der Waals surface area contributed by atoms with Gasteiger partial charge >= 0.3 is 6.18 Å². The lowest BCUT2D eigenvalue weighted by Gasteiger charge is -2.33. The van der Waals surface area contributed by atoms with Gasteiger partial charge in [0.05, 0.1) is 17.6 Å². The summed E-state index contributed by atoms with van der Waals surface area (Å²) < 4.78 is 43.8. The summed E-state index contributed by atoms with van der Waals surface area (Å²) in [5.74, 6) is 5.70. The monoisotopic (exact) mass is 752 g/mol. The Kier molecular flexibility index (Phi) is 17.0. The minimum atomic E-state index is -4.68. The lowest BCUT2D eigenvalue weighted by molar-refractivity contribution is -0.138. The van der Waals surface area contributed by atoms with E-state index in [0.29, 0.717) is 56.0 Å². The van der Waals surface area contributed by atoms with E-state index in [-0.39, 0.29) is 42.1 Å². The van der Waals surface area contributed by atoms with E-state index >= 15 is 0 Å². The number of halogens is 3. The summed E-state index contributed by atoms with van der Waals surface area (Å²) in [4.78, 5) is 36.0. The molecule has 2 aromatic rings. The van der Waals surface area contributed by atoms with Crippen LogP contribution in [0.3, 0.4) is 0 Å². The zero-order valence-electron chi connectivity index (χ0n) is 32.0. The molecule has 0 radical (unpaired) electrons. The van der Waals surface area contributed by atoms with Gasteiger partial charge in [-0.3, -0.25) is 35.2 Å². The van der Waals surface area contributed by atoms with Crippen LogP contribution in [0.1, 0.15) is 65.2 Å². The van der Waals surface area contributed by atoms with Crippen LogP contribution in [0, 0.1) is 16.7 Å². The zero-order valence-corrected chi connectivity index (χ0v) is 32.0. The van der Waals surface area contributed by atoms with Gasteiger partial charge in [0.15, 0.2) is 0 Å². The highest BCUT2D eigenvalue weighted by molar-refractivity contribution is 6.31. The fourth-order valence-electron chi connectivity index (χ4n) is 6.50. The number of aliphatic imine (C=N–C) groups is 1. The first-order valence-electron chi connectivity index (χ1n) is 18.0. The van der Waals surface area contributed by atoms with Gasteiger partial charge in [0.25, 0.3) is 0 Å². The van der Waals surface area contributed by atoms with Crippen LogP contribution in [0.5, 0.6) is 0 Å². The van der Waals surface area contributed by atoms with Crippen LogP contribution >= 0.6 is 0 Å². The number of carbonyl (C=O) groups is 2. The molecule has 1 aliphatic rings. The Bertz CT molecular complexity index is 1680. The number of anilines is 1. The van der Waals surface area contributed by atoms with E-state index in [9.17, 15) is 22.8 Å². The van der Waals surface area contributed by atoms with Crippen molar-refractivity contribution in [3.63, 3.8) is 0 Å². The Labute approximate surface area is 317 Å². The molecular weight excluding hydrogens is 697 g/mol. The number of aldehydes is 1. The molecule has 1 amide bonds. The number of carbonyl (C=O) groups excluding carboxylic acids is 2. The lowest BCUT2D eigenvalue weighted by atomic mass is 9.95. The smallest absolute Gasteiger partial charge is 0.370 e. The van der Waals surface area contributed by atoms with Gasteiger partial charge in [0.2, 0.25) is 5.91 Å². The number of aryl methyl sites for hydroxylation is 1. The van der Waals surface area contributed by atoms with Crippen molar-refractivity contribution in [1.82, 2.24) is 20.0 Å². The number of hydrazone groups is 1. The van der Waals surface area contributed by atoms with Gasteiger partial charge in [-0.15, -0.1) is 0 Å². The number of nitrogens with one attached hydrogen (secondary N) is 3. The number of benzene rings is 2. The molecule has 54 heavy (non-hydrogen) atoms. The third kappa shape index (κ3) is 13.8. The van der Waals surface area contributed by atoms with Crippen molar-refractivity contribution >= 4 is 42.0 Å². The molecule has 2 atom stereocenters. The number of piperidine rings is 1. The maximum Gasteiger partial charge on any atom is 0.416 e. The molecule has 294 valence electrons. The number of likely N-dealkylation sites (N-methyl/N-ethyl adjacent to an activating group) is 1. The minimum Gasteiger partial charge on any atom is -0.370 e. The van der Waals surface area contributed by atoms with Gasteiger partial charge < -0.3 is 21.0 Å². The van der Waals surface area contributed by atoms with E-state index in [2.05, 4.69) is 22.3 Å². The number of amidine groups is 1. The first-order chi connectivity index (χ1) is 25.7. The second kappa shape index (κ2) is 21.1. The third-order valence-electron chi connectivity index (χ3n) is 9.43. The molecule has 2 unspecified atom stereocenters. The van der Waals surface area contributed by atoms with Crippen molar-refractivity contribution in [3.8, 4) is 0 Å². The summed E-state index contributed by atoms with van der Waals surface area (Å²) >= 11 is 0. The second-order valence-electron chi connectivity index (χ2n) is 14.1. The van der Waals surface area contributed by atoms with Crippen molar-refractivity contribution in [2.24, 2.45) is 21.9 Å². The normalized spacial score (nSPS) is 16.2. The third-order valence-corrected chi connectivity index (χ3v) is 9.43. The molecule has 1 aliphatic heterocycles. The molecule has 15 heteroatoms. The molecule has 2 aromatic carbocycles. The van der Waals surface area contributed by atoms with E-state index in [1.165, 1.54) is 11.0 Å². The Morgan fingerprint density at radius 1 is 1.19 bits per heavy atom. The second-order valence-corrected chi connectivity index (χ2v) is 14.1. The fraction of sp³-hybridized carbons (Fsp3) is 0.487. The number of likely N-dealkylation sites (tertiary alicyclic amines) is 1. The zero-order chi connectivity index (χ0) is 39.8. The minimum absolute atomic E-state index is 0.00204. The lowest BCUT2D eigenvalue weighted by Crippen LogP contribution is -2.47. The van der Waals surface area contributed by atoms with Gasteiger partial charge in [-0.25, -0.2) is 0 Å². The summed E-state index contributed by atoms with van der Waals surface area (Å²) in [7, 11) is 6.88. The van der Waals surface area contributed by atoms with Crippen molar-refractivity contribution in [2.45, 2.75) is 64.3 Å². The van der Waals surface area contributed by atoms with Gasteiger partial charge in [0, 0.05) is 89.9 Å². The predicted molar refractivity (Wildman–Crippen MR) is 211 cm³/mol. The molecule has 0 spiro atoms. The van der Waals surface area contributed by atoms with Crippen molar-refractivity contribution in [3.05, 3.63) is 76.4 Å². The molecule has 1 saturated heterocycles. The van der Waals surface area contributed by atoms with Crippen LogP contribution in [-0.4, -0.2) is 111 Å². The molecule has 0 bridgehead atoms. The average molecular weight is 753 g/mol. The largest absolute Gasteiger partial charge is 0.416 e. The van der Waals surface area contributed by atoms with E-state index in [4.69, 9.17) is 16.7 Å². The maximum absolute atomic E-state index is 14.6. The molecule has 0 aromatic heterocycles. The molecule has 1 heterocycles. The van der Waals surface area contributed by atoms with Crippen LogP contribution < -0.4 is 16.1 Å². The topological polar surface area (TPSA) is 158 Å². The summed E-state index contributed by atoms with van der Waals surface area (Å²) in [6.45, 7) is 4.20. The van der Waals surface area contributed by atoms with Gasteiger partial charge in [-0.05, 0) is 86.1 Å². The standard InChI is InChI=1S/C39H55F3N10O2/c1-28(17-37(44)51(5)27-43)13-14-29-9-6-11-34(19-29)50(4)25-35-31(26-53)18-30(20-36(35)39(40,41)42)22-52-16-7-10-32(24-52)47-38(54)12-8-15-49(3)23-33(48-45)21-46-2/h6,8-9,11-12,18-21,26-28,32,43-44H,7,10,13-17,22-25,45H2,1-5H3,(H,47,54)/b12-8+,43-27?,44-37?,46-21?,48-33+. The van der Waals surface area contributed by atoms with Crippen LogP contribution in [0.15, 0.2) is 58.6 Å². The average Bonchev–Trinajstić information content (AvgIpc) is 3.13. The van der Waals surface area contributed by atoms with Crippen LogP contribution in [0.25, 0.3) is 0 Å². The van der Waals surface area contributed by atoms with Gasteiger partial charge in [-0.2, -0.15) is 18.3 Å². The van der Waals surface area contributed by atoms with Crippen molar-refractivity contribution in [2.75, 3.05) is 59.3 Å². The Morgan fingerprint density at radius 3 is 2.61 bits per heavy atom. The van der Waals surface area contributed by atoms with Gasteiger partial charge in [0.1, 0.15) is 12.1 Å². The highest BCUT2D eigenvalue weighted by atomic mass is 19.4. The van der Waals surface area contributed by atoms with Gasteiger partial charge in [-0.1, -0.05) is 25.1 Å². The van der Waals surface area contributed by atoms with Crippen LogP contribution in [-0.2, 0) is 30.5 Å². The molecular formula is C39H55F3N10O2. The van der Waals surface area contributed by atoms with E-state index in [0.717, 1.165) is 49.3 Å². The molecule has 1 fully saturated rings. The summed E-state index contributed by atoms with van der Waals surface area (Å²) in [6, 6.07) is 10.1. The number of alkyl halides is 3. The Balaban J connectivity index is 1.66. The number of amides is 1. The Hall–Kier alpha value is -4.89. The molecule has 0 saturated carbocycles. The number of hydrogen-bond acceptors (Lipinski definition) is 10. The molecule has 0 aliphatic carbocycles. The summed E-state index contributed by atoms with van der Waals surface area (Å²) in [6.07, 6.45) is 5.28. The number of nitrogens with two attached hydrogens (primary N) is 1. The highest BCUT2D eigenvalue weighted by Crippen LogP contribution is 2.36.